The van der Waals surface area contributed by atoms with Gasteiger partial charge >= 0.3 is 0 Å². The molecule has 2 rings (SSSR count). The molecule has 0 radical (unpaired) electrons. The van der Waals surface area contributed by atoms with Crippen LogP contribution in [0.3, 0.4) is 0 Å². The third kappa shape index (κ3) is 2.99. The van der Waals surface area contributed by atoms with Crippen LogP contribution in [0.2, 0.25) is 0 Å². The van der Waals surface area contributed by atoms with Crippen LogP contribution in [0.1, 0.15) is 33.1 Å². The van der Waals surface area contributed by atoms with Gasteiger partial charge in [-0.1, -0.05) is 6.92 Å². The van der Waals surface area contributed by atoms with E-state index in [0.29, 0.717) is 11.9 Å². The predicted molar refractivity (Wildman–Crippen MR) is 66.8 cm³/mol. The quantitative estimate of drug-likeness (QED) is 0.800. The van der Waals surface area contributed by atoms with E-state index in [9.17, 15) is 4.79 Å². The number of nitrogens with zero attached hydrogens (tertiary/aromatic N) is 1. The average Bonchev–Trinajstić information content (AvgIpc) is 2.76. The first-order valence-electron chi connectivity index (χ1n) is 6.86. The fourth-order valence-electron chi connectivity index (χ4n) is 2.88. The minimum absolute atomic E-state index is 0.102. The molecule has 0 aromatic heterocycles. The number of nitrogens with one attached hydrogen (secondary N) is 1. The van der Waals surface area contributed by atoms with Gasteiger partial charge in [0.05, 0.1) is 12.0 Å². The first-order valence-corrected chi connectivity index (χ1v) is 6.86. The summed E-state index contributed by atoms with van der Waals surface area (Å²) in [6.07, 6.45) is 3.17. The molecular formula is C13H24N2O2. The van der Waals surface area contributed by atoms with E-state index in [0.717, 1.165) is 45.5 Å². The first-order chi connectivity index (χ1) is 8.22. The van der Waals surface area contributed by atoms with Gasteiger partial charge in [-0.25, -0.2) is 0 Å². The zero-order valence-electron chi connectivity index (χ0n) is 10.9. The summed E-state index contributed by atoms with van der Waals surface area (Å²) in [7, 11) is 0. The Morgan fingerprint density at radius 1 is 1.35 bits per heavy atom. The Labute approximate surface area is 104 Å². The van der Waals surface area contributed by atoms with Crippen LogP contribution in [0.15, 0.2) is 0 Å². The van der Waals surface area contributed by atoms with Gasteiger partial charge in [-0.2, -0.15) is 0 Å². The monoisotopic (exact) mass is 240 g/mol. The molecule has 2 saturated heterocycles. The summed E-state index contributed by atoms with van der Waals surface area (Å²) in [5, 5.41) is 3.46. The second-order valence-corrected chi connectivity index (χ2v) is 5.13. The Morgan fingerprint density at radius 2 is 2.06 bits per heavy atom. The number of hydrogen-bond donors (Lipinski definition) is 1. The Hall–Kier alpha value is -0.610. The molecule has 2 aliphatic heterocycles. The van der Waals surface area contributed by atoms with E-state index in [-0.39, 0.29) is 12.0 Å². The highest BCUT2D eigenvalue weighted by molar-refractivity contribution is 5.79. The fourth-order valence-corrected chi connectivity index (χ4v) is 2.88. The van der Waals surface area contributed by atoms with Crippen LogP contribution in [-0.4, -0.2) is 49.2 Å². The summed E-state index contributed by atoms with van der Waals surface area (Å²) >= 11 is 0. The lowest BCUT2D eigenvalue weighted by Gasteiger charge is -2.34. The normalized spacial score (nSPS) is 30.8. The third-order valence-corrected chi connectivity index (χ3v) is 3.99. The van der Waals surface area contributed by atoms with Crippen molar-refractivity contribution in [2.24, 2.45) is 5.92 Å². The van der Waals surface area contributed by atoms with E-state index in [2.05, 4.69) is 12.2 Å². The number of likely N-dealkylation sites (tertiary alicyclic amines) is 1. The molecule has 2 fully saturated rings. The number of piperidine rings is 1. The van der Waals surface area contributed by atoms with Crippen molar-refractivity contribution in [1.82, 2.24) is 10.2 Å². The van der Waals surface area contributed by atoms with Crippen LogP contribution >= 0.6 is 0 Å². The smallest absolute Gasteiger partial charge is 0.228 e. The summed E-state index contributed by atoms with van der Waals surface area (Å²) in [5.74, 6) is 0.413. The Bertz CT molecular complexity index is 262. The van der Waals surface area contributed by atoms with Crippen LogP contribution in [0.25, 0.3) is 0 Å². The van der Waals surface area contributed by atoms with Crippen molar-refractivity contribution in [3.8, 4) is 0 Å². The maximum absolute atomic E-state index is 12.3. The highest BCUT2D eigenvalue weighted by atomic mass is 16.5. The Morgan fingerprint density at radius 3 is 2.59 bits per heavy atom. The largest absolute Gasteiger partial charge is 0.378 e. The number of hydrogen-bond acceptors (Lipinski definition) is 3. The molecule has 0 aliphatic carbocycles. The van der Waals surface area contributed by atoms with E-state index < -0.39 is 0 Å². The number of rotatable bonds is 3. The molecule has 0 spiro atoms. The average molecular weight is 240 g/mol. The van der Waals surface area contributed by atoms with Crippen molar-refractivity contribution >= 4 is 5.91 Å². The first kappa shape index (κ1) is 12.8. The minimum atomic E-state index is 0.102. The maximum Gasteiger partial charge on any atom is 0.228 e. The summed E-state index contributed by atoms with van der Waals surface area (Å²) in [4.78, 5) is 14.3. The maximum atomic E-state index is 12.3. The van der Waals surface area contributed by atoms with Gasteiger partial charge in [0, 0.05) is 25.7 Å². The summed E-state index contributed by atoms with van der Waals surface area (Å²) in [6, 6.07) is 0.598. The molecule has 2 unspecified atom stereocenters. The standard InChI is InChI=1S/C13H24N2O2/c1-3-14-11-4-7-15(8-5-11)13(16)12-6-9-17-10(12)2/h10-12,14H,3-9H2,1-2H3. The molecule has 2 aliphatic rings. The Balaban J connectivity index is 1.82. The zero-order chi connectivity index (χ0) is 12.3. The second-order valence-electron chi connectivity index (χ2n) is 5.13. The number of amides is 1. The lowest BCUT2D eigenvalue weighted by atomic mass is 9.98. The molecule has 98 valence electrons. The third-order valence-electron chi connectivity index (χ3n) is 3.99. The van der Waals surface area contributed by atoms with Crippen LogP contribution < -0.4 is 5.32 Å². The lowest BCUT2D eigenvalue weighted by molar-refractivity contribution is -0.138. The van der Waals surface area contributed by atoms with Crippen LogP contribution in [0, 0.1) is 5.92 Å². The predicted octanol–water partition coefficient (Wildman–Crippen LogP) is 1.01. The lowest BCUT2D eigenvalue weighted by Crippen LogP contribution is -2.47. The van der Waals surface area contributed by atoms with Gasteiger partial charge in [-0.05, 0) is 32.7 Å². The molecular weight excluding hydrogens is 216 g/mol. The molecule has 0 saturated carbocycles. The number of carbonyl (C=O) groups is 1. The van der Waals surface area contributed by atoms with E-state index in [1.165, 1.54) is 0 Å². The molecule has 17 heavy (non-hydrogen) atoms. The van der Waals surface area contributed by atoms with Gasteiger partial charge in [-0.15, -0.1) is 0 Å². The highest BCUT2D eigenvalue weighted by Crippen LogP contribution is 2.24. The SMILES string of the molecule is CCNC1CCN(C(=O)C2CCOC2C)CC1. The molecule has 0 bridgehead atoms. The second kappa shape index (κ2) is 5.83. The molecule has 0 aromatic carbocycles. The molecule has 1 amide bonds. The van der Waals surface area contributed by atoms with E-state index in [1.807, 2.05) is 11.8 Å². The van der Waals surface area contributed by atoms with Gasteiger partial charge < -0.3 is 15.0 Å². The van der Waals surface area contributed by atoms with Crippen molar-refractivity contribution in [3.63, 3.8) is 0 Å². The molecule has 2 atom stereocenters. The van der Waals surface area contributed by atoms with E-state index >= 15 is 0 Å². The van der Waals surface area contributed by atoms with Crippen molar-refractivity contribution in [3.05, 3.63) is 0 Å². The van der Waals surface area contributed by atoms with Gasteiger partial charge in [0.2, 0.25) is 5.91 Å². The number of carbonyl (C=O) groups excluding carboxylic acids is 1. The summed E-state index contributed by atoms with van der Waals surface area (Å²) < 4.78 is 5.48. The Kier molecular flexibility index (Phi) is 4.40. The van der Waals surface area contributed by atoms with Crippen molar-refractivity contribution in [1.29, 1.82) is 0 Å². The minimum Gasteiger partial charge on any atom is -0.378 e. The molecule has 4 nitrogen and oxygen atoms in total. The molecule has 0 aromatic rings. The van der Waals surface area contributed by atoms with Gasteiger partial charge in [0.1, 0.15) is 0 Å². The van der Waals surface area contributed by atoms with Gasteiger partial charge in [-0.3, -0.25) is 4.79 Å². The van der Waals surface area contributed by atoms with E-state index in [4.69, 9.17) is 4.74 Å². The summed E-state index contributed by atoms with van der Waals surface area (Å²) in [5.41, 5.74) is 0. The molecule has 2 heterocycles. The zero-order valence-corrected chi connectivity index (χ0v) is 10.9. The van der Waals surface area contributed by atoms with Crippen LogP contribution in [-0.2, 0) is 9.53 Å². The van der Waals surface area contributed by atoms with Crippen molar-refractivity contribution in [2.75, 3.05) is 26.2 Å². The van der Waals surface area contributed by atoms with Crippen LogP contribution in [0.4, 0.5) is 0 Å². The van der Waals surface area contributed by atoms with Gasteiger partial charge in [0.15, 0.2) is 0 Å². The topological polar surface area (TPSA) is 41.6 Å². The van der Waals surface area contributed by atoms with Gasteiger partial charge in [0.25, 0.3) is 0 Å². The number of ether oxygens (including phenoxy) is 1. The molecule has 1 N–H and O–H groups in total. The summed E-state index contributed by atoms with van der Waals surface area (Å²) in [6.45, 7) is 7.72. The van der Waals surface area contributed by atoms with Crippen LogP contribution in [0.5, 0.6) is 0 Å². The van der Waals surface area contributed by atoms with Crippen molar-refractivity contribution < 1.29 is 9.53 Å². The highest BCUT2D eigenvalue weighted by Gasteiger charge is 2.34. The fraction of sp³-hybridized carbons (Fsp3) is 0.923. The molecule has 4 heteroatoms. The van der Waals surface area contributed by atoms with E-state index in [1.54, 1.807) is 0 Å². The van der Waals surface area contributed by atoms with Crippen molar-refractivity contribution in [2.45, 2.75) is 45.3 Å².